The molecule has 7 nitrogen and oxygen atoms in total. The number of hydrogen-bond donors (Lipinski definition) is 0. The molecular weight excluding hydrogens is 330 g/mol. The molecule has 0 saturated carbocycles. The molecule has 0 aliphatic carbocycles. The van der Waals surface area contributed by atoms with Crippen LogP contribution in [0.1, 0.15) is 10.5 Å². The summed E-state index contributed by atoms with van der Waals surface area (Å²) in [7, 11) is 1.36. The molecule has 130 valence electrons. The summed E-state index contributed by atoms with van der Waals surface area (Å²) >= 11 is 0. The van der Waals surface area contributed by atoms with Crippen molar-refractivity contribution in [3.63, 3.8) is 0 Å². The molecule has 2 heterocycles. The van der Waals surface area contributed by atoms with Gasteiger partial charge >= 0.3 is 5.97 Å². The topological polar surface area (TPSA) is 63.5 Å². The molecule has 1 aromatic heterocycles. The molecule has 0 spiro atoms. The molecule has 1 fully saturated rings. The molecule has 1 saturated heterocycles. The van der Waals surface area contributed by atoms with Crippen LogP contribution >= 0.6 is 12.4 Å². The van der Waals surface area contributed by atoms with Gasteiger partial charge in [-0.1, -0.05) is 23.4 Å². The molecule has 0 N–H and O–H groups in total. The second-order valence-electron chi connectivity index (χ2n) is 5.50. The maximum atomic E-state index is 11.6. The molecule has 0 unspecified atom stereocenters. The average molecular weight is 352 g/mol. The Hall–Kier alpha value is -2.12. The van der Waals surface area contributed by atoms with Crippen molar-refractivity contribution in [1.82, 2.24) is 19.9 Å². The Morgan fingerprint density at radius 1 is 1.12 bits per heavy atom. The van der Waals surface area contributed by atoms with E-state index in [1.54, 1.807) is 4.68 Å². The Morgan fingerprint density at radius 2 is 1.83 bits per heavy atom. The lowest BCUT2D eigenvalue weighted by Gasteiger charge is -2.36. The van der Waals surface area contributed by atoms with Crippen molar-refractivity contribution in [3.8, 4) is 0 Å². The van der Waals surface area contributed by atoms with Crippen LogP contribution in [0.3, 0.4) is 0 Å². The lowest BCUT2D eigenvalue weighted by Crippen LogP contribution is -2.47. The summed E-state index contributed by atoms with van der Waals surface area (Å²) < 4.78 is 6.34. The van der Waals surface area contributed by atoms with E-state index in [1.165, 1.54) is 19.0 Å². The highest BCUT2D eigenvalue weighted by Gasteiger charge is 2.18. The van der Waals surface area contributed by atoms with Gasteiger partial charge < -0.3 is 9.64 Å². The van der Waals surface area contributed by atoms with Crippen LogP contribution in [0.15, 0.2) is 36.5 Å². The standard InChI is InChI=1S/C16H21N5O2.ClH/c1-23-16(22)15-13-17-18-21(15)12-9-19-7-10-20(11-8-19)14-5-3-2-4-6-14;/h2-6,13H,7-12H2,1H3;1H. The van der Waals surface area contributed by atoms with Crippen molar-refractivity contribution in [2.24, 2.45) is 0 Å². The zero-order valence-electron chi connectivity index (χ0n) is 13.7. The Kier molecular flexibility index (Phi) is 6.57. The number of carbonyl (C=O) groups excluding carboxylic acids is 1. The number of hydrogen-bond acceptors (Lipinski definition) is 6. The van der Waals surface area contributed by atoms with E-state index in [0.29, 0.717) is 12.2 Å². The van der Waals surface area contributed by atoms with E-state index in [-0.39, 0.29) is 12.4 Å². The first-order valence-electron chi connectivity index (χ1n) is 7.77. The predicted octanol–water partition coefficient (Wildman–Crippen LogP) is 1.31. The van der Waals surface area contributed by atoms with Crippen molar-refractivity contribution in [2.75, 3.05) is 44.7 Å². The Balaban J connectivity index is 0.00000208. The molecule has 24 heavy (non-hydrogen) atoms. The first kappa shape index (κ1) is 18.2. The SMILES string of the molecule is COC(=O)c1cnnn1CCN1CCN(c2ccccc2)CC1.Cl. The summed E-state index contributed by atoms with van der Waals surface area (Å²) in [5, 5.41) is 7.75. The summed E-state index contributed by atoms with van der Waals surface area (Å²) in [5.41, 5.74) is 1.67. The minimum Gasteiger partial charge on any atom is -0.464 e. The van der Waals surface area contributed by atoms with Gasteiger partial charge in [0.05, 0.1) is 19.9 Å². The van der Waals surface area contributed by atoms with Gasteiger partial charge in [0, 0.05) is 38.4 Å². The number of ether oxygens (including phenoxy) is 1. The number of nitrogens with zero attached hydrogens (tertiary/aromatic N) is 5. The maximum Gasteiger partial charge on any atom is 0.358 e. The second kappa shape index (κ2) is 8.65. The molecule has 1 aliphatic rings. The highest BCUT2D eigenvalue weighted by molar-refractivity contribution is 5.86. The summed E-state index contributed by atoms with van der Waals surface area (Å²) in [6.45, 7) is 5.48. The Morgan fingerprint density at radius 3 is 2.50 bits per heavy atom. The Bertz CT molecular complexity index is 641. The molecule has 0 amide bonds. The molecule has 0 atom stereocenters. The van der Waals surface area contributed by atoms with Gasteiger partial charge in [0.15, 0.2) is 5.69 Å². The predicted molar refractivity (Wildman–Crippen MR) is 93.7 cm³/mol. The number of esters is 1. The molecule has 8 heteroatoms. The fourth-order valence-electron chi connectivity index (χ4n) is 2.79. The number of carbonyl (C=O) groups is 1. The third-order valence-corrected chi connectivity index (χ3v) is 4.13. The first-order chi connectivity index (χ1) is 11.3. The summed E-state index contributed by atoms with van der Waals surface area (Å²) in [4.78, 5) is 16.4. The monoisotopic (exact) mass is 351 g/mol. The van der Waals surface area contributed by atoms with Gasteiger partial charge in [-0.05, 0) is 12.1 Å². The number of benzene rings is 1. The number of halogens is 1. The van der Waals surface area contributed by atoms with Crippen LogP contribution < -0.4 is 4.90 Å². The molecular formula is C16H22ClN5O2. The fraction of sp³-hybridized carbons (Fsp3) is 0.438. The molecule has 2 aromatic rings. The van der Waals surface area contributed by atoms with Crippen molar-refractivity contribution in [3.05, 3.63) is 42.2 Å². The third kappa shape index (κ3) is 4.24. The van der Waals surface area contributed by atoms with Crippen LogP contribution in [0.4, 0.5) is 5.69 Å². The van der Waals surface area contributed by atoms with Gasteiger partial charge in [-0.2, -0.15) is 0 Å². The van der Waals surface area contributed by atoms with E-state index >= 15 is 0 Å². The van der Waals surface area contributed by atoms with E-state index in [9.17, 15) is 4.79 Å². The quantitative estimate of drug-likeness (QED) is 0.757. The molecule has 1 aliphatic heterocycles. The number of para-hydroxylation sites is 1. The van der Waals surface area contributed by atoms with E-state index < -0.39 is 5.97 Å². The van der Waals surface area contributed by atoms with Crippen LogP contribution in [0.5, 0.6) is 0 Å². The van der Waals surface area contributed by atoms with Crippen LogP contribution in [-0.2, 0) is 11.3 Å². The van der Waals surface area contributed by atoms with Crippen LogP contribution in [-0.4, -0.2) is 65.7 Å². The van der Waals surface area contributed by atoms with Gasteiger partial charge in [-0.15, -0.1) is 17.5 Å². The minimum atomic E-state index is -0.399. The molecule has 0 bridgehead atoms. The van der Waals surface area contributed by atoms with Gasteiger partial charge in [-0.25, -0.2) is 9.48 Å². The maximum absolute atomic E-state index is 11.6. The number of aromatic nitrogens is 3. The Labute approximate surface area is 147 Å². The van der Waals surface area contributed by atoms with Crippen molar-refractivity contribution < 1.29 is 9.53 Å². The van der Waals surface area contributed by atoms with Gasteiger partial charge in [-0.3, -0.25) is 4.90 Å². The summed E-state index contributed by atoms with van der Waals surface area (Å²) in [6, 6.07) is 10.5. The molecule has 0 radical (unpaired) electrons. The second-order valence-corrected chi connectivity index (χ2v) is 5.50. The fourth-order valence-corrected chi connectivity index (χ4v) is 2.79. The highest BCUT2D eigenvalue weighted by Crippen LogP contribution is 2.15. The van der Waals surface area contributed by atoms with E-state index in [4.69, 9.17) is 4.74 Å². The van der Waals surface area contributed by atoms with Crippen molar-refractivity contribution in [2.45, 2.75) is 6.54 Å². The zero-order chi connectivity index (χ0) is 16.1. The normalized spacial score (nSPS) is 15.0. The van der Waals surface area contributed by atoms with Crippen LogP contribution in [0.2, 0.25) is 0 Å². The minimum absolute atomic E-state index is 0. The molecule has 3 rings (SSSR count). The number of rotatable bonds is 5. The van der Waals surface area contributed by atoms with Gasteiger partial charge in [0.2, 0.25) is 0 Å². The van der Waals surface area contributed by atoms with E-state index in [0.717, 1.165) is 32.7 Å². The zero-order valence-corrected chi connectivity index (χ0v) is 14.5. The van der Waals surface area contributed by atoms with Crippen LogP contribution in [0, 0.1) is 0 Å². The first-order valence-corrected chi connectivity index (χ1v) is 7.77. The lowest BCUT2D eigenvalue weighted by atomic mass is 10.2. The lowest BCUT2D eigenvalue weighted by molar-refractivity contribution is 0.0585. The molecule has 1 aromatic carbocycles. The van der Waals surface area contributed by atoms with Crippen molar-refractivity contribution in [1.29, 1.82) is 0 Å². The smallest absolute Gasteiger partial charge is 0.358 e. The number of piperazine rings is 1. The van der Waals surface area contributed by atoms with E-state index in [1.807, 2.05) is 6.07 Å². The number of anilines is 1. The average Bonchev–Trinajstić information content (AvgIpc) is 3.09. The van der Waals surface area contributed by atoms with Crippen LogP contribution in [0.25, 0.3) is 0 Å². The van der Waals surface area contributed by atoms with E-state index in [2.05, 4.69) is 44.4 Å². The highest BCUT2D eigenvalue weighted by atomic mass is 35.5. The summed E-state index contributed by atoms with van der Waals surface area (Å²) in [6.07, 6.45) is 1.44. The summed E-state index contributed by atoms with van der Waals surface area (Å²) in [5.74, 6) is -0.399. The number of methoxy groups -OCH3 is 1. The van der Waals surface area contributed by atoms with Crippen molar-refractivity contribution >= 4 is 24.1 Å². The largest absolute Gasteiger partial charge is 0.464 e. The third-order valence-electron chi connectivity index (χ3n) is 4.13. The van der Waals surface area contributed by atoms with Gasteiger partial charge in [0.25, 0.3) is 0 Å². The van der Waals surface area contributed by atoms with Gasteiger partial charge in [0.1, 0.15) is 0 Å².